The van der Waals surface area contributed by atoms with E-state index in [0.29, 0.717) is 0 Å². The van der Waals surface area contributed by atoms with Crippen molar-refractivity contribution in [2.24, 2.45) is 0 Å². The van der Waals surface area contributed by atoms with Gasteiger partial charge in [-0.25, -0.2) is 0 Å². The van der Waals surface area contributed by atoms with Crippen LogP contribution in [0.15, 0.2) is 29.2 Å². The van der Waals surface area contributed by atoms with Gasteiger partial charge in [0, 0.05) is 11.9 Å². The number of anilines is 1. The van der Waals surface area contributed by atoms with Crippen molar-refractivity contribution < 1.29 is 8.42 Å². The van der Waals surface area contributed by atoms with E-state index >= 15 is 0 Å². The SMILES string of the molecule is CC1N(C)c2ccccc2S1=S(=O)=O. The average Bonchev–Trinajstić information content (AvgIpc) is 2.41. The average molecular weight is 229 g/mol. The lowest BCUT2D eigenvalue weighted by Crippen LogP contribution is -2.25. The van der Waals surface area contributed by atoms with Gasteiger partial charge in [-0.3, -0.25) is 0 Å². The molecule has 2 rings (SSSR count). The summed E-state index contributed by atoms with van der Waals surface area (Å²) in [5.74, 6) is 0. The van der Waals surface area contributed by atoms with Gasteiger partial charge in [0.2, 0.25) is 9.26 Å². The fraction of sp³-hybridized carbons (Fsp3) is 0.333. The largest absolute Gasteiger partial charge is 0.361 e. The van der Waals surface area contributed by atoms with Crippen molar-refractivity contribution in [3.05, 3.63) is 24.3 Å². The number of rotatable bonds is 0. The number of fused-ring (bicyclic) bond motifs is 1. The van der Waals surface area contributed by atoms with Gasteiger partial charge in [0.15, 0.2) is 0 Å². The first kappa shape index (κ1) is 9.73. The molecule has 0 saturated carbocycles. The zero-order chi connectivity index (χ0) is 10.3. The molecule has 1 aromatic rings. The molecule has 0 saturated heterocycles. The summed E-state index contributed by atoms with van der Waals surface area (Å²) in [7, 11) is -0.769. The summed E-state index contributed by atoms with van der Waals surface area (Å²) in [6, 6.07) is 7.68. The summed E-state index contributed by atoms with van der Waals surface area (Å²) in [6.07, 6.45) is 0. The molecule has 0 bridgehead atoms. The maximum atomic E-state index is 11.1. The van der Waals surface area contributed by atoms with Gasteiger partial charge in [0.1, 0.15) is 0 Å². The Hall–Kier alpha value is -0.810. The number of benzene rings is 1. The van der Waals surface area contributed by atoms with Crippen molar-refractivity contribution in [2.45, 2.75) is 17.2 Å². The summed E-state index contributed by atoms with van der Waals surface area (Å²) in [4.78, 5) is 2.96. The molecule has 0 radical (unpaired) electrons. The van der Waals surface area contributed by atoms with Crippen LogP contribution in [0.25, 0.3) is 0 Å². The molecular weight excluding hydrogens is 218 g/mol. The fourth-order valence-corrected chi connectivity index (χ4v) is 5.33. The fourth-order valence-electron chi connectivity index (χ4n) is 1.63. The molecule has 0 fully saturated rings. The van der Waals surface area contributed by atoms with Crippen molar-refractivity contribution in [1.29, 1.82) is 0 Å². The predicted octanol–water partition coefficient (Wildman–Crippen LogP) is 1.25. The Kier molecular flexibility index (Phi) is 2.36. The van der Waals surface area contributed by atoms with Gasteiger partial charge in [-0.1, -0.05) is 12.1 Å². The Morgan fingerprint density at radius 3 is 2.64 bits per heavy atom. The van der Waals surface area contributed by atoms with Crippen LogP contribution in [0, 0.1) is 0 Å². The second-order valence-corrected chi connectivity index (χ2v) is 7.20. The predicted molar refractivity (Wildman–Crippen MR) is 58.9 cm³/mol. The summed E-state index contributed by atoms with van der Waals surface area (Å²) >= 11 is 0. The van der Waals surface area contributed by atoms with Crippen LogP contribution in [-0.2, 0) is 18.7 Å². The summed E-state index contributed by atoms with van der Waals surface area (Å²) in [5, 5.41) is 0.0470. The van der Waals surface area contributed by atoms with Crippen molar-refractivity contribution in [3.63, 3.8) is 0 Å². The minimum Gasteiger partial charge on any atom is -0.361 e. The van der Waals surface area contributed by atoms with Crippen molar-refractivity contribution in [2.75, 3.05) is 11.9 Å². The van der Waals surface area contributed by atoms with E-state index < -0.39 is 18.7 Å². The van der Waals surface area contributed by atoms with E-state index in [4.69, 9.17) is 0 Å². The lowest BCUT2D eigenvalue weighted by molar-refractivity contribution is 0.628. The number of para-hydroxylation sites is 1. The van der Waals surface area contributed by atoms with E-state index in [9.17, 15) is 8.42 Å². The monoisotopic (exact) mass is 229 g/mol. The molecule has 0 aliphatic carbocycles. The summed E-state index contributed by atoms with van der Waals surface area (Å²) in [5.41, 5.74) is 1.03. The smallest absolute Gasteiger partial charge is 0.247 e. The molecular formula is C9H11NO2S2. The second-order valence-electron chi connectivity index (χ2n) is 3.18. The molecule has 76 valence electrons. The minimum absolute atomic E-state index is 0.0470. The maximum absolute atomic E-state index is 11.1. The highest BCUT2D eigenvalue weighted by Gasteiger charge is 2.28. The molecule has 0 amide bonds. The third-order valence-corrected chi connectivity index (χ3v) is 6.73. The number of hydrogen-bond donors (Lipinski definition) is 0. The molecule has 0 spiro atoms. The first-order valence-corrected chi connectivity index (χ1v) is 7.15. The highest BCUT2D eigenvalue weighted by atomic mass is 32.9. The molecule has 1 heterocycles. The summed E-state index contributed by atoms with van der Waals surface area (Å²) < 4.78 is 22.2. The maximum Gasteiger partial charge on any atom is 0.247 e. The second kappa shape index (κ2) is 3.40. The Balaban J connectivity index is 2.78. The van der Waals surface area contributed by atoms with Crippen LogP contribution in [0.4, 0.5) is 5.69 Å². The van der Waals surface area contributed by atoms with E-state index in [-0.39, 0.29) is 5.37 Å². The van der Waals surface area contributed by atoms with Crippen LogP contribution in [0.1, 0.15) is 6.92 Å². The van der Waals surface area contributed by atoms with Gasteiger partial charge in [0.05, 0.1) is 11.1 Å². The minimum atomic E-state index is -2.02. The standard InChI is InChI=1S/C9H11NO2S2/c1-7-10(2)8-5-3-4-6-9(8)13(7)14(11)12/h3-7H,1-2H3. The van der Waals surface area contributed by atoms with Crippen LogP contribution in [0.5, 0.6) is 0 Å². The van der Waals surface area contributed by atoms with Gasteiger partial charge in [0.25, 0.3) is 0 Å². The van der Waals surface area contributed by atoms with Crippen LogP contribution in [-0.4, -0.2) is 20.8 Å². The third-order valence-electron chi connectivity index (χ3n) is 2.46. The topological polar surface area (TPSA) is 37.4 Å². The van der Waals surface area contributed by atoms with E-state index in [1.807, 2.05) is 43.1 Å². The lowest BCUT2D eigenvalue weighted by atomic mass is 10.3. The number of nitrogens with zero attached hydrogens (tertiary/aromatic N) is 1. The molecule has 14 heavy (non-hydrogen) atoms. The van der Waals surface area contributed by atoms with Crippen molar-refractivity contribution in [3.8, 4) is 0 Å². The molecule has 0 aromatic heterocycles. The van der Waals surface area contributed by atoms with E-state index in [2.05, 4.69) is 0 Å². The Morgan fingerprint density at radius 2 is 2.00 bits per heavy atom. The van der Waals surface area contributed by atoms with Gasteiger partial charge < -0.3 is 4.90 Å². The zero-order valence-corrected chi connectivity index (χ0v) is 9.60. The van der Waals surface area contributed by atoms with Crippen LogP contribution in [0.3, 0.4) is 0 Å². The molecule has 2 atom stereocenters. The van der Waals surface area contributed by atoms with E-state index in [0.717, 1.165) is 10.6 Å². The molecule has 3 nitrogen and oxygen atoms in total. The van der Waals surface area contributed by atoms with Gasteiger partial charge in [-0.2, -0.15) is 8.42 Å². The van der Waals surface area contributed by atoms with Gasteiger partial charge in [-0.05, 0) is 28.5 Å². The molecule has 1 aromatic carbocycles. The normalized spacial score (nSPS) is 24.9. The van der Waals surface area contributed by atoms with E-state index in [1.165, 1.54) is 0 Å². The van der Waals surface area contributed by atoms with Gasteiger partial charge >= 0.3 is 0 Å². The summed E-state index contributed by atoms with van der Waals surface area (Å²) in [6.45, 7) is 1.94. The third kappa shape index (κ3) is 1.27. The Morgan fingerprint density at radius 1 is 1.36 bits per heavy atom. The zero-order valence-electron chi connectivity index (χ0n) is 7.97. The van der Waals surface area contributed by atoms with Crippen molar-refractivity contribution in [1.82, 2.24) is 0 Å². The molecule has 1 aliphatic heterocycles. The van der Waals surface area contributed by atoms with Crippen LogP contribution in [0.2, 0.25) is 0 Å². The molecule has 0 N–H and O–H groups in total. The molecule has 1 aliphatic rings. The molecule has 5 heteroatoms. The number of hydrogen-bond acceptors (Lipinski definition) is 3. The van der Waals surface area contributed by atoms with Crippen LogP contribution >= 0.6 is 0 Å². The highest BCUT2D eigenvalue weighted by molar-refractivity contribution is 8.34. The van der Waals surface area contributed by atoms with Crippen LogP contribution < -0.4 is 4.90 Å². The first-order valence-electron chi connectivity index (χ1n) is 4.27. The van der Waals surface area contributed by atoms with Crippen molar-refractivity contribution >= 4 is 24.4 Å². The van der Waals surface area contributed by atoms with E-state index in [1.54, 1.807) is 0 Å². The highest BCUT2D eigenvalue weighted by Crippen LogP contribution is 2.34. The Bertz CT molecular complexity index is 499. The van der Waals surface area contributed by atoms with Gasteiger partial charge in [-0.15, -0.1) is 0 Å². The molecule has 2 unspecified atom stereocenters. The first-order chi connectivity index (χ1) is 6.63. The Labute approximate surface area is 86.5 Å². The lowest BCUT2D eigenvalue weighted by Gasteiger charge is -2.16. The quantitative estimate of drug-likeness (QED) is 0.672.